The van der Waals surface area contributed by atoms with Crippen LogP contribution in [0.5, 0.6) is 5.75 Å². The first kappa shape index (κ1) is 16.0. The Morgan fingerprint density at radius 2 is 2.16 bits per heavy atom. The molecule has 0 aromatic heterocycles. The summed E-state index contributed by atoms with van der Waals surface area (Å²) in [5, 5.41) is 12.5. The molecule has 0 saturated carbocycles. The number of phenols is 1. The molecule has 3 nitrogen and oxygen atoms in total. The minimum Gasteiger partial charge on any atom is -0.507 e. The van der Waals surface area contributed by atoms with E-state index in [0.29, 0.717) is 22.5 Å². The predicted molar refractivity (Wildman–Crippen MR) is 81.4 cm³/mol. The molecule has 0 radical (unpaired) electrons. The number of hydrogen-bond donors (Lipinski definition) is 2. The van der Waals surface area contributed by atoms with Crippen molar-refractivity contribution in [3.05, 3.63) is 28.2 Å². The lowest BCUT2D eigenvalue weighted by Crippen LogP contribution is -2.29. The lowest BCUT2D eigenvalue weighted by atomic mass is 9.99. The minimum absolute atomic E-state index is 0.0886. The third-order valence-electron chi connectivity index (χ3n) is 3.30. The SMILES string of the molecule is CCCCC(CC)CNC(=O)c1ccc(Br)c(O)c1. The average molecular weight is 328 g/mol. The quantitative estimate of drug-likeness (QED) is 0.792. The molecule has 1 aromatic rings. The monoisotopic (exact) mass is 327 g/mol. The number of aromatic hydroxyl groups is 1. The van der Waals surface area contributed by atoms with Crippen molar-refractivity contribution in [2.45, 2.75) is 39.5 Å². The minimum atomic E-state index is -0.127. The molecule has 0 saturated heterocycles. The number of unbranched alkanes of at least 4 members (excludes halogenated alkanes) is 1. The highest BCUT2D eigenvalue weighted by molar-refractivity contribution is 9.10. The Morgan fingerprint density at radius 1 is 1.42 bits per heavy atom. The molecule has 0 spiro atoms. The molecular weight excluding hydrogens is 306 g/mol. The third kappa shape index (κ3) is 5.23. The van der Waals surface area contributed by atoms with Gasteiger partial charge >= 0.3 is 0 Å². The molecule has 0 bridgehead atoms. The molecule has 1 aromatic carbocycles. The summed E-state index contributed by atoms with van der Waals surface area (Å²) >= 11 is 3.20. The van der Waals surface area contributed by atoms with Gasteiger partial charge in [0, 0.05) is 12.1 Å². The van der Waals surface area contributed by atoms with Gasteiger partial charge in [0.05, 0.1) is 4.47 Å². The Morgan fingerprint density at radius 3 is 2.74 bits per heavy atom. The van der Waals surface area contributed by atoms with Crippen molar-refractivity contribution in [1.82, 2.24) is 5.32 Å². The fraction of sp³-hybridized carbons (Fsp3) is 0.533. The maximum atomic E-state index is 12.0. The van der Waals surface area contributed by atoms with Crippen LogP contribution in [0.4, 0.5) is 0 Å². The largest absolute Gasteiger partial charge is 0.507 e. The summed E-state index contributed by atoms with van der Waals surface area (Å²) in [6.45, 7) is 5.03. The summed E-state index contributed by atoms with van der Waals surface area (Å²) < 4.78 is 0.596. The normalized spacial score (nSPS) is 12.2. The summed E-state index contributed by atoms with van der Waals surface area (Å²) in [4.78, 5) is 12.0. The fourth-order valence-corrected chi connectivity index (χ4v) is 2.18. The molecule has 4 heteroatoms. The van der Waals surface area contributed by atoms with Gasteiger partial charge in [-0.15, -0.1) is 0 Å². The topological polar surface area (TPSA) is 49.3 Å². The Bertz CT molecular complexity index is 421. The molecule has 0 heterocycles. The zero-order valence-corrected chi connectivity index (χ0v) is 13.2. The first-order chi connectivity index (χ1) is 9.08. The highest BCUT2D eigenvalue weighted by Crippen LogP contribution is 2.24. The number of nitrogens with one attached hydrogen (secondary N) is 1. The molecule has 0 aliphatic carbocycles. The van der Waals surface area contributed by atoms with Gasteiger partial charge in [0.25, 0.3) is 5.91 Å². The van der Waals surface area contributed by atoms with Gasteiger partial charge < -0.3 is 10.4 Å². The number of hydrogen-bond acceptors (Lipinski definition) is 2. The van der Waals surface area contributed by atoms with Gasteiger partial charge in [-0.05, 0) is 46.5 Å². The van der Waals surface area contributed by atoms with E-state index in [1.807, 2.05) is 0 Å². The summed E-state index contributed by atoms with van der Waals surface area (Å²) in [5.41, 5.74) is 0.492. The molecule has 0 fully saturated rings. The maximum Gasteiger partial charge on any atom is 0.251 e. The summed E-state index contributed by atoms with van der Waals surface area (Å²) in [7, 11) is 0. The first-order valence-electron chi connectivity index (χ1n) is 6.85. The van der Waals surface area contributed by atoms with Gasteiger partial charge in [0.2, 0.25) is 0 Å². The number of phenolic OH excluding ortho intramolecular Hbond substituents is 1. The summed E-state index contributed by atoms with van der Waals surface area (Å²) in [6, 6.07) is 4.86. The Labute approximate surface area is 123 Å². The van der Waals surface area contributed by atoms with Crippen molar-refractivity contribution in [2.24, 2.45) is 5.92 Å². The molecule has 106 valence electrons. The molecule has 2 N–H and O–H groups in total. The van der Waals surface area contributed by atoms with Crippen molar-refractivity contribution in [1.29, 1.82) is 0 Å². The Kier molecular flexibility index (Phi) is 6.92. The van der Waals surface area contributed by atoms with Gasteiger partial charge in [-0.3, -0.25) is 4.79 Å². The van der Waals surface area contributed by atoms with E-state index in [1.165, 1.54) is 18.9 Å². The van der Waals surface area contributed by atoms with E-state index in [0.717, 1.165) is 12.8 Å². The van der Waals surface area contributed by atoms with Crippen molar-refractivity contribution in [3.63, 3.8) is 0 Å². The number of halogens is 1. The number of carbonyl (C=O) groups excluding carboxylic acids is 1. The molecular formula is C15H22BrNO2. The summed E-state index contributed by atoms with van der Waals surface area (Å²) in [5.74, 6) is 0.497. The van der Waals surface area contributed by atoms with E-state index in [1.54, 1.807) is 12.1 Å². The van der Waals surface area contributed by atoms with Crippen LogP contribution in [0.3, 0.4) is 0 Å². The van der Waals surface area contributed by atoms with Crippen molar-refractivity contribution < 1.29 is 9.90 Å². The smallest absolute Gasteiger partial charge is 0.251 e. The van der Waals surface area contributed by atoms with Crippen LogP contribution in [-0.4, -0.2) is 17.6 Å². The van der Waals surface area contributed by atoms with E-state index < -0.39 is 0 Å². The second-order valence-corrected chi connectivity index (χ2v) is 5.65. The molecule has 0 aliphatic heterocycles. The molecule has 1 rings (SSSR count). The highest BCUT2D eigenvalue weighted by Gasteiger charge is 2.11. The van der Waals surface area contributed by atoms with E-state index in [9.17, 15) is 9.90 Å². The van der Waals surface area contributed by atoms with Gasteiger partial charge in [-0.2, -0.15) is 0 Å². The standard InChI is InChI=1S/C15H22BrNO2/c1-3-5-6-11(4-2)10-17-15(19)12-7-8-13(16)14(18)9-12/h7-9,11,18H,3-6,10H2,1-2H3,(H,17,19). The molecule has 1 atom stereocenters. The van der Waals surface area contributed by atoms with E-state index in [2.05, 4.69) is 35.1 Å². The van der Waals surface area contributed by atoms with Gasteiger partial charge in [0.1, 0.15) is 5.75 Å². The van der Waals surface area contributed by atoms with Crippen LogP contribution in [0.25, 0.3) is 0 Å². The van der Waals surface area contributed by atoms with Gasteiger partial charge in [-0.1, -0.05) is 33.1 Å². The van der Waals surface area contributed by atoms with Gasteiger partial charge in [0.15, 0.2) is 0 Å². The first-order valence-corrected chi connectivity index (χ1v) is 7.64. The zero-order valence-electron chi connectivity index (χ0n) is 11.6. The Hall–Kier alpha value is -1.03. The lowest BCUT2D eigenvalue weighted by molar-refractivity contribution is 0.0945. The van der Waals surface area contributed by atoms with Crippen molar-refractivity contribution in [2.75, 3.05) is 6.54 Å². The number of rotatable bonds is 7. The van der Waals surface area contributed by atoms with Crippen LogP contribution in [0.15, 0.2) is 22.7 Å². The van der Waals surface area contributed by atoms with Gasteiger partial charge in [-0.25, -0.2) is 0 Å². The third-order valence-corrected chi connectivity index (χ3v) is 3.97. The van der Waals surface area contributed by atoms with Crippen LogP contribution < -0.4 is 5.32 Å². The predicted octanol–water partition coefficient (Wildman–Crippen LogP) is 4.10. The summed E-state index contributed by atoms with van der Waals surface area (Å²) in [6.07, 6.45) is 4.61. The van der Waals surface area contributed by atoms with E-state index in [-0.39, 0.29) is 11.7 Å². The number of benzene rings is 1. The molecule has 19 heavy (non-hydrogen) atoms. The van der Waals surface area contributed by atoms with E-state index >= 15 is 0 Å². The molecule has 1 amide bonds. The maximum absolute atomic E-state index is 12.0. The van der Waals surface area contributed by atoms with Crippen LogP contribution >= 0.6 is 15.9 Å². The lowest BCUT2D eigenvalue weighted by Gasteiger charge is -2.15. The average Bonchev–Trinajstić information content (AvgIpc) is 2.41. The second kappa shape index (κ2) is 8.20. The molecule has 1 unspecified atom stereocenters. The highest BCUT2D eigenvalue weighted by atomic mass is 79.9. The van der Waals surface area contributed by atoms with Crippen LogP contribution in [0, 0.1) is 5.92 Å². The van der Waals surface area contributed by atoms with Crippen molar-refractivity contribution in [3.8, 4) is 5.75 Å². The number of carbonyl (C=O) groups is 1. The van der Waals surface area contributed by atoms with Crippen LogP contribution in [0.1, 0.15) is 49.9 Å². The Balaban J connectivity index is 2.52. The van der Waals surface area contributed by atoms with Crippen LogP contribution in [-0.2, 0) is 0 Å². The number of amides is 1. The second-order valence-electron chi connectivity index (χ2n) is 4.79. The zero-order chi connectivity index (χ0) is 14.3. The molecule has 0 aliphatic rings. The van der Waals surface area contributed by atoms with Crippen molar-refractivity contribution >= 4 is 21.8 Å². The van der Waals surface area contributed by atoms with E-state index in [4.69, 9.17) is 0 Å². The fourth-order valence-electron chi connectivity index (χ4n) is 1.94. The van der Waals surface area contributed by atoms with Crippen LogP contribution in [0.2, 0.25) is 0 Å².